The van der Waals surface area contributed by atoms with E-state index >= 15 is 0 Å². The minimum Gasteiger partial charge on any atom is -0.368 e. The van der Waals surface area contributed by atoms with Gasteiger partial charge in [0.1, 0.15) is 30.6 Å². The van der Waals surface area contributed by atoms with Gasteiger partial charge in [0, 0.05) is 14.5 Å². The molecule has 2 aromatic rings. The Morgan fingerprint density at radius 1 is 1.30 bits per heavy atom. The molecule has 23 heavy (non-hydrogen) atoms. The third kappa shape index (κ3) is 5.69. The predicted octanol–water partition coefficient (Wildman–Crippen LogP) is 2.78. The van der Waals surface area contributed by atoms with Crippen LogP contribution in [0.2, 0.25) is 0 Å². The van der Waals surface area contributed by atoms with Crippen molar-refractivity contribution < 1.29 is 11.0 Å². The van der Waals surface area contributed by atoms with Crippen molar-refractivity contribution >= 4 is 18.0 Å². The van der Waals surface area contributed by atoms with E-state index in [0.29, 0.717) is 5.65 Å². The number of morpholine rings is 1. The number of fused-ring (bicyclic) bond motifs is 1. The Morgan fingerprint density at radius 3 is 2.52 bits per heavy atom. The second kappa shape index (κ2) is 11.7. The third-order valence-corrected chi connectivity index (χ3v) is 3.07. The molecule has 1 aliphatic heterocycles. The van der Waals surface area contributed by atoms with Crippen molar-refractivity contribution in [1.29, 1.82) is 0 Å². The van der Waals surface area contributed by atoms with E-state index in [1.165, 1.54) is 6.33 Å². The van der Waals surface area contributed by atoms with Gasteiger partial charge in [0.15, 0.2) is 5.65 Å². The van der Waals surface area contributed by atoms with Crippen LogP contribution in [0.5, 0.6) is 0 Å². The Bertz CT molecular complexity index is 564. The Labute approximate surface area is 140 Å². The summed E-state index contributed by atoms with van der Waals surface area (Å²) in [5, 5.41) is 0. The van der Waals surface area contributed by atoms with Crippen molar-refractivity contribution in [3.05, 3.63) is 17.8 Å². The molecule has 0 unspecified atom stereocenters. The molecule has 3 rings (SSSR count). The van der Waals surface area contributed by atoms with Crippen molar-refractivity contribution in [3.8, 4) is 0 Å². The van der Waals surface area contributed by atoms with Gasteiger partial charge in [-0.3, -0.25) is 0 Å². The maximum atomic E-state index is 8.00. The highest BCUT2D eigenvalue weighted by Gasteiger charge is 2.23. The summed E-state index contributed by atoms with van der Waals surface area (Å²) in [4.78, 5) is 26.3. The van der Waals surface area contributed by atoms with Crippen LogP contribution >= 0.6 is 0 Å². The van der Waals surface area contributed by atoms with Crippen LogP contribution < -0.4 is 0 Å². The number of hydrogen-bond donors (Lipinski definition) is 1. The highest BCUT2D eigenvalue weighted by Crippen LogP contribution is 2.21. The number of likely N-dealkylation sites (N-methyl/N-ethyl adjacent to an activating group) is 1. The number of imidazole rings is 1. The molecule has 1 aliphatic rings. The molecule has 2 aromatic heterocycles. The lowest BCUT2D eigenvalue weighted by Crippen LogP contribution is -2.35. The lowest BCUT2D eigenvalue weighted by atomic mass is 10.3. The van der Waals surface area contributed by atoms with Crippen LogP contribution in [0.4, 0.5) is 0 Å². The average Bonchev–Trinajstić information content (AvgIpc) is 3.06. The zero-order valence-electron chi connectivity index (χ0n) is 15.1. The van der Waals surface area contributed by atoms with Gasteiger partial charge in [0.25, 0.3) is 0 Å². The number of nitrogens with zero attached hydrogens (tertiary/aromatic N) is 4. The van der Waals surface area contributed by atoms with E-state index in [1.54, 1.807) is 0 Å². The molecule has 0 aromatic carbocycles. The first kappa shape index (κ1) is 21.1. The summed E-state index contributed by atoms with van der Waals surface area (Å²) in [7, 11) is 2.09. The number of aryl methyl sites for hydroxylation is 1. The molecule has 0 amide bonds. The van der Waals surface area contributed by atoms with E-state index in [-0.39, 0.29) is 7.53 Å². The first-order valence-corrected chi connectivity index (χ1v) is 8.00. The number of nitrogens with one attached hydrogen (secondary N) is 1. The molecular formula is C16H31N5O2. The lowest BCUT2D eigenvalue weighted by Gasteiger charge is -2.28. The number of carbonyl (C=O) groups excluding carboxylic acids is 1. The van der Waals surface area contributed by atoms with Crippen LogP contribution in [0.15, 0.2) is 6.33 Å². The van der Waals surface area contributed by atoms with Crippen molar-refractivity contribution in [2.45, 2.75) is 40.7 Å². The van der Waals surface area contributed by atoms with Gasteiger partial charge >= 0.3 is 0 Å². The van der Waals surface area contributed by atoms with Gasteiger partial charge in [-0.25, -0.2) is 15.0 Å². The normalized spacial score (nSPS) is 17.0. The number of carbonyl (C=O) groups is 1. The van der Waals surface area contributed by atoms with E-state index in [0.717, 1.165) is 36.7 Å². The van der Waals surface area contributed by atoms with Crippen LogP contribution in [0.3, 0.4) is 0 Å². The zero-order valence-corrected chi connectivity index (χ0v) is 15.1. The largest absolute Gasteiger partial charge is 0.368 e. The van der Waals surface area contributed by atoms with Crippen molar-refractivity contribution in [1.82, 2.24) is 24.8 Å². The van der Waals surface area contributed by atoms with Crippen LogP contribution in [-0.4, -0.2) is 58.4 Å². The molecule has 7 nitrogen and oxygen atoms in total. The molecule has 0 spiro atoms. The van der Waals surface area contributed by atoms with Gasteiger partial charge in [0.2, 0.25) is 0 Å². The third-order valence-electron chi connectivity index (χ3n) is 3.07. The first-order chi connectivity index (χ1) is 11.2. The summed E-state index contributed by atoms with van der Waals surface area (Å²) >= 11 is 0. The Kier molecular flexibility index (Phi) is 10.7. The van der Waals surface area contributed by atoms with Crippen molar-refractivity contribution in [3.63, 3.8) is 0 Å². The van der Waals surface area contributed by atoms with Crippen LogP contribution in [0.25, 0.3) is 11.2 Å². The van der Waals surface area contributed by atoms with Gasteiger partial charge in [-0.15, -0.1) is 0 Å². The smallest absolute Gasteiger partial charge is 0.181 e. The van der Waals surface area contributed by atoms with E-state index < -0.39 is 0 Å². The van der Waals surface area contributed by atoms with Gasteiger partial charge in [-0.2, -0.15) is 0 Å². The number of aromatic amines is 1. The van der Waals surface area contributed by atoms with Crippen LogP contribution in [0, 0.1) is 6.92 Å². The van der Waals surface area contributed by atoms with Crippen LogP contribution in [-0.2, 0) is 9.53 Å². The quantitative estimate of drug-likeness (QED) is 0.868. The Balaban J connectivity index is 0. The molecule has 0 aliphatic carbocycles. The van der Waals surface area contributed by atoms with Gasteiger partial charge in [0.05, 0.1) is 12.3 Å². The molecule has 132 valence electrons. The highest BCUT2D eigenvalue weighted by atomic mass is 16.5. The number of ether oxygens (including phenoxy) is 1. The number of H-pyrrole nitrogens is 1. The second-order valence-corrected chi connectivity index (χ2v) is 4.40. The molecular weight excluding hydrogens is 294 g/mol. The van der Waals surface area contributed by atoms with E-state index in [1.807, 2.05) is 41.4 Å². The molecule has 3 heterocycles. The SMILES string of the molecule is C=O.CC.CC.Cc1ncnc2nc([C@@H]3CN(C)CCO3)[nH]c12.[HH]. The molecule has 1 fully saturated rings. The molecule has 1 N–H and O–H groups in total. The van der Waals surface area contributed by atoms with E-state index in [9.17, 15) is 0 Å². The lowest BCUT2D eigenvalue weighted by molar-refractivity contribution is -0.0979. The van der Waals surface area contributed by atoms with Gasteiger partial charge in [-0.1, -0.05) is 27.7 Å². The summed E-state index contributed by atoms with van der Waals surface area (Å²) in [6, 6.07) is 0. The fraction of sp³-hybridized carbons (Fsp3) is 0.625. The zero-order chi connectivity index (χ0) is 17.8. The maximum absolute atomic E-state index is 8.00. The summed E-state index contributed by atoms with van der Waals surface area (Å²) < 4.78 is 5.72. The maximum Gasteiger partial charge on any atom is 0.181 e. The minimum atomic E-state index is 0. The average molecular weight is 325 g/mol. The summed E-state index contributed by atoms with van der Waals surface area (Å²) in [6.45, 7) is 14.5. The van der Waals surface area contributed by atoms with Crippen LogP contribution in [0.1, 0.15) is 46.7 Å². The summed E-state index contributed by atoms with van der Waals surface area (Å²) in [6.07, 6.45) is 1.54. The summed E-state index contributed by atoms with van der Waals surface area (Å²) in [5.41, 5.74) is 2.53. The molecule has 7 heteroatoms. The predicted molar refractivity (Wildman–Crippen MR) is 94.5 cm³/mol. The standard InChI is InChI=1S/C11H15N5O.2C2H6.CH2O.H2/c1-7-9-11(13-6-12-7)15-10(14-9)8-5-16(2)3-4-17-8;3*1-2;/h6,8H,3-5H2,1-2H3,(H,12,13,14,15);2*1-2H3;1H2;1H/t8-;;;;/m0..../s1. The first-order valence-electron chi connectivity index (χ1n) is 8.00. The number of aromatic nitrogens is 4. The fourth-order valence-corrected chi connectivity index (χ4v) is 2.06. The van der Waals surface area contributed by atoms with E-state index in [4.69, 9.17) is 9.53 Å². The highest BCUT2D eigenvalue weighted by molar-refractivity contribution is 5.72. The van der Waals surface area contributed by atoms with Gasteiger partial charge < -0.3 is 19.4 Å². The summed E-state index contributed by atoms with van der Waals surface area (Å²) in [5.74, 6) is 0.843. The topological polar surface area (TPSA) is 84.0 Å². The van der Waals surface area contributed by atoms with Gasteiger partial charge in [-0.05, 0) is 14.0 Å². The fourth-order valence-electron chi connectivity index (χ4n) is 2.06. The van der Waals surface area contributed by atoms with Crippen molar-refractivity contribution in [2.75, 3.05) is 26.7 Å². The number of rotatable bonds is 1. The molecule has 0 saturated carbocycles. The molecule has 0 radical (unpaired) electrons. The molecule has 1 atom stereocenters. The monoisotopic (exact) mass is 325 g/mol. The minimum absolute atomic E-state index is 0. The number of hydrogen-bond acceptors (Lipinski definition) is 6. The van der Waals surface area contributed by atoms with Crippen molar-refractivity contribution in [2.24, 2.45) is 0 Å². The second-order valence-electron chi connectivity index (χ2n) is 4.40. The molecule has 1 saturated heterocycles. The molecule has 0 bridgehead atoms. The Morgan fingerprint density at radius 2 is 1.96 bits per heavy atom. The Hall–Kier alpha value is -1.86. The van der Waals surface area contributed by atoms with E-state index in [2.05, 4.69) is 31.9 Å².